The Labute approximate surface area is 109 Å². The molecule has 1 atom stereocenters. The van der Waals surface area contributed by atoms with Gasteiger partial charge in [-0.05, 0) is 33.2 Å². The van der Waals surface area contributed by atoms with Gasteiger partial charge in [-0.3, -0.25) is 4.79 Å². The Morgan fingerprint density at radius 2 is 1.79 bits per heavy atom. The van der Waals surface area contributed by atoms with Crippen LogP contribution in [0.15, 0.2) is 23.0 Å². The predicted octanol–water partition coefficient (Wildman–Crippen LogP) is 1.62. The van der Waals surface area contributed by atoms with Gasteiger partial charge >= 0.3 is 0 Å². The molecule has 0 aliphatic carbocycles. The molecule has 0 amide bonds. The highest BCUT2D eigenvalue weighted by molar-refractivity contribution is 5.80. The van der Waals surface area contributed by atoms with E-state index in [-0.39, 0.29) is 11.6 Å². The van der Waals surface area contributed by atoms with Crippen molar-refractivity contribution in [1.29, 1.82) is 0 Å². The fourth-order valence-electron chi connectivity index (χ4n) is 1.93. The lowest BCUT2D eigenvalue weighted by Gasteiger charge is -2.20. The van der Waals surface area contributed by atoms with E-state index in [0.717, 1.165) is 16.8 Å². The summed E-state index contributed by atoms with van der Waals surface area (Å²) in [7, 11) is 3.64. The van der Waals surface area contributed by atoms with Crippen LogP contribution in [0.2, 0.25) is 0 Å². The Morgan fingerprint density at radius 3 is 2.37 bits per heavy atom. The first-order valence-corrected chi connectivity index (χ1v) is 5.79. The second-order valence-electron chi connectivity index (χ2n) is 4.74. The molecule has 0 aliphatic heterocycles. The topological polar surface area (TPSA) is 51.3 Å². The predicted molar refractivity (Wildman–Crippen MR) is 70.4 cm³/mol. The van der Waals surface area contributed by atoms with Crippen LogP contribution >= 0.6 is 0 Å². The number of nitrogens with two attached hydrogens (primary N) is 1. The summed E-state index contributed by atoms with van der Waals surface area (Å²) < 4.78 is 27.3. The average Bonchev–Trinajstić information content (AvgIpc) is 2.35. The second kappa shape index (κ2) is 4.62. The Hall–Kier alpha value is -1.95. The minimum Gasteiger partial charge on any atom is -0.336 e. The van der Waals surface area contributed by atoms with Crippen molar-refractivity contribution in [2.45, 2.75) is 13.0 Å². The molecule has 2 rings (SSSR count). The summed E-state index contributed by atoms with van der Waals surface area (Å²) in [6.07, 6.45) is 0. The molecule has 0 spiro atoms. The number of hydrogen-bond donors (Lipinski definition) is 1. The summed E-state index contributed by atoms with van der Waals surface area (Å²) in [5.41, 5.74) is 0.185. The molecule has 1 heterocycles. The van der Waals surface area contributed by atoms with Crippen LogP contribution in [0, 0.1) is 11.6 Å². The number of benzene rings is 1. The Bertz CT molecular complexity index is 694. The summed E-state index contributed by atoms with van der Waals surface area (Å²) in [5, 5.41) is 0.393. The number of fused-ring (bicyclic) bond motifs is 1. The van der Waals surface area contributed by atoms with Gasteiger partial charge in [0.15, 0.2) is 11.6 Å². The SMILES string of the molecule is CC(c1cc2cc(F)c(F)cc2n(N)c1=O)N(C)C. The van der Waals surface area contributed by atoms with Crippen LogP contribution in [-0.4, -0.2) is 23.7 Å². The summed E-state index contributed by atoms with van der Waals surface area (Å²) in [6.45, 7) is 1.84. The zero-order chi connectivity index (χ0) is 14.3. The molecule has 0 fully saturated rings. The van der Waals surface area contributed by atoms with E-state index in [2.05, 4.69) is 0 Å². The van der Waals surface area contributed by atoms with Crippen LogP contribution < -0.4 is 11.4 Å². The third-order valence-electron chi connectivity index (χ3n) is 3.33. The van der Waals surface area contributed by atoms with E-state index in [1.54, 1.807) is 6.07 Å². The highest BCUT2D eigenvalue weighted by Gasteiger charge is 2.16. The van der Waals surface area contributed by atoms with Gasteiger partial charge in [-0.25, -0.2) is 13.5 Å². The smallest absolute Gasteiger partial charge is 0.273 e. The zero-order valence-corrected chi connectivity index (χ0v) is 10.9. The fraction of sp³-hybridized carbons (Fsp3) is 0.308. The van der Waals surface area contributed by atoms with Crippen LogP contribution in [-0.2, 0) is 0 Å². The van der Waals surface area contributed by atoms with E-state index >= 15 is 0 Å². The molecule has 1 aromatic carbocycles. The van der Waals surface area contributed by atoms with E-state index in [0.29, 0.717) is 10.9 Å². The van der Waals surface area contributed by atoms with Gasteiger partial charge in [0.25, 0.3) is 5.56 Å². The molecule has 1 aromatic heterocycles. The summed E-state index contributed by atoms with van der Waals surface area (Å²) in [4.78, 5) is 14.0. The molecule has 6 heteroatoms. The van der Waals surface area contributed by atoms with Crippen molar-refractivity contribution in [1.82, 2.24) is 9.58 Å². The van der Waals surface area contributed by atoms with E-state index in [1.807, 2.05) is 25.9 Å². The third-order valence-corrected chi connectivity index (χ3v) is 3.33. The second-order valence-corrected chi connectivity index (χ2v) is 4.74. The van der Waals surface area contributed by atoms with E-state index < -0.39 is 17.2 Å². The highest BCUT2D eigenvalue weighted by Crippen LogP contribution is 2.21. The van der Waals surface area contributed by atoms with Crippen molar-refractivity contribution in [2.24, 2.45) is 0 Å². The minimum atomic E-state index is -1.03. The van der Waals surface area contributed by atoms with Gasteiger partial charge in [-0.1, -0.05) is 0 Å². The summed E-state index contributed by atoms with van der Waals surface area (Å²) >= 11 is 0. The van der Waals surface area contributed by atoms with Gasteiger partial charge < -0.3 is 10.7 Å². The number of pyridine rings is 1. The normalized spacial score (nSPS) is 13.2. The van der Waals surface area contributed by atoms with Crippen molar-refractivity contribution in [3.63, 3.8) is 0 Å². The van der Waals surface area contributed by atoms with E-state index in [4.69, 9.17) is 5.84 Å². The van der Waals surface area contributed by atoms with Gasteiger partial charge in [0, 0.05) is 23.1 Å². The van der Waals surface area contributed by atoms with E-state index in [1.165, 1.54) is 0 Å². The van der Waals surface area contributed by atoms with Crippen molar-refractivity contribution >= 4 is 10.9 Å². The first-order chi connectivity index (χ1) is 8.82. The number of halogens is 2. The Balaban J connectivity index is 2.80. The Morgan fingerprint density at radius 1 is 1.21 bits per heavy atom. The average molecular weight is 267 g/mol. The van der Waals surface area contributed by atoms with Crippen molar-refractivity contribution in [2.75, 3.05) is 19.9 Å². The van der Waals surface area contributed by atoms with Gasteiger partial charge in [0.05, 0.1) is 5.52 Å². The molecular formula is C13H15F2N3O. The van der Waals surface area contributed by atoms with Gasteiger partial charge in [0.1, 0.15) is 0 Å². The molecule has 4 nitrogen and oxygen atoms in total. The lowest BCUT2D eigenvalue weighted by Crippen LogP contribution is -2.33. The van der Waals surface area contributed by atoms with Crippen LogP contribution in [0.5, 0.6) is 0 Å². The maximum absolute atomic E-state index is 13.3. The zero-order valence-electron chi connectivity index (χ0n) is 10.9. The molecule has 0 saturated heterocycles. The Kier molecular flexibility index (Phi) is 3.28. The lowest BCUT2D eigenvalue weighted by molar-refractivity contribution is 0.318. The standard InChI is InChI=1S/C13H15F2N3O/c1-7(17(2)3)9-4-8-5-10(14)11(15)6-12(8)18(16)13(9)19/h4-7H,16H2,1-3H3. The molecular weight excluding hydrogens is 252 g/mol. The number of nitrogen functional groups attached to an aromatic ring is 1. The number of nitrogens with zero attached hydrogens (tertiary/aromatic N) is 2. The molecule has 2 N–H and O–H groups in total. The summed E-state index contributed by atoms with van der Waals surface area (Å²) in [5.74, 6) is 3.68. The highest BCUT2D eigenvalue weighted by atomic mass is 19.2. The quantitative estimate of drug-likeness (QED) is 0.841. The largest absolute Gasteiger partial charge is 0.336 e. The number of hydrogen-bond acceptors (Lipinski definition) is 3. The molecule has 0 aliphatic rings. The minimum absolute atomic E-state index is 0.165. The monoisotopic (exact) mass is 267 g/mol. The molecule has 1 unspecified atom stereocenters. The molecule has 102 valence electrons. The maximum atomic E-state index is 13.3. The van der Waals surface area contributed by atoms with Gasteiger partial charge in [-0.2, -0.15) is 0 Å². The van der Waals surface area contributed by atoms with Crippen molar-refractivity contribution in [3.05, 3.63) is 45.8 Å². The van der Waals surface area contributed by atoms with Crippen LogP contribution in [0.3, 0.4) is 0 Å². The molecule has 19 heavy (non-hydrogen) atoms. The van der Waals surface area contributed by atoms with Crippen LogP contribution in [0.4, 0.5) is 8.78 Å². The number of aromatic nitrogens is 1. The van der Waals surface area contributed by atoms with Crippen molar-refractivity contribution in [3.8, 4) is 0 Å². The molecule has 0 bridgehead atoms. The first-order valence-electron chi connectivity index (χ1n) is 5.79. The molecule has 2 aromatic rings. The van der Waals surface area contributed by atoms with E-state index in [9.17, 15) is 13.6 Å². The molecule has 0 radical (unpaired) electrons. The maximum Gasteiger partial charge on any atom is 0.273 e. The number of rotatable bonds is 2. The van der Waals surface area contributed by atoms with Gasteiger partial charge in [0.2, 0.25) is 0 Å². The van der Waals surface area contributed by atoms with Crippen LogP contribution in [0.25, 0.3) is 10.9 Å². The fourth-order valence-corrected chi connectivity index (χ4v) is 1.93. The third kappa shape index (κ3) is 2.19. The first kappa shape index (κ1) is 13.5. The summed E-state index contributed by atoms with van der Waals surface area (Å²) in [6, 6.07) is 3.34. The lowest BCUT2D eigenvalue weighted by atomic mass is 10.1. The van der Waals surface area contributed by atoms with Crippen LogP contribution in [0.1, 0.15) is 18.5 Å². The van der Waals surface area contributed by atoms with Gasteiger partial charge in [-0.15, -0.1) is 0 Å². The molecule has 0 saturated carbocycles. The van der Waals surface area contributed by atoms with Crippen molar-refractivity contribution < 1.29 is 8.78 Å².